The van der Waals surface area contributed by atoms with Crippen molar-refractivity contribution in [3.8, 4) is 0 Å². The van der Waals surface area contributed by atoms with E-state index >= 15 is 0 Å². The Labute approximate surface area is 98.1 Å². The first-order chi connectivity index (χ1) is 5.67. The summed E-state index contributed by atoms with van der Waals surface area (Å²) in [5.41, 5.74) is 4.12. The molecule has 14 heavy (non-hydrogen) atoms. The first-order valence-corrected chi connectivity index (χ1v) is 4.16. The highest BCUT2D eigenvalue weighted by atomic mass is 35.5. The summed E-state index contributed by atoms with van der Waals surface area (Å²) in [5.74, 6) is 5.30. The summed E-state index contributed by atoms with van der Waals surface area (Å²) >= 11 is 0. The van der Waals surface area contributed by atoms with Crippen LogP contribution in [-0.2, 0) is 5.41 Å². The summed E-state index contributed by atoms with van der Waals surface area (Å²) < 4.78 is 0. The highest BCUT2D eigenvalue weighted by Crippen LogP contribution is 2.20. The van der Waals surface area contributed by atoms with Gasteiger partial charge in [0.25, 0.3) is 0 Å². The number of hydrogen-bond donors (Lipinski definition) is 2. The van der Waals surface area contributed by atoms with Crippen molar-refractivity contribution in [2.45, 2.75) is 19.3 Å². The molecule has 2 nitrogen and oxygen atoms in total. The van der Waals surface area contributed by atoms with Crippen LogP contribution in [0.4, 0.5) is 0 Å². The molecule has 1 rings (SSSR count). The molecule has 0 fully saturated rings. The van der Waals surface area contributed by atoms with E-state index in [2.05, 4.69) is 31.4 Å². The van der Waals surface area contributed by atoms with Crippen molar-refractivity contribution >= 4 is 24.8 Å². The topological polar surface area (TPSA) is 38.0 Å². The minimum Gasteiger partial charge on any atom is -0.271 e. The molecule has 4 heteroatoms. The molecule has 0 bridgehead atoms. The molecule has 0 aliphatic heterocycles. The van der Waals surface area contributed by atoms with Crippen molar-refractivity contribution in [3.63, 3.8) is 0 Å². The average Bonchev–Trinajstić information content (AvgIpc) is 2.06. The van der Waals surface area contributed by atoms with E-state index in [1.54, 1.807) is 0 Å². The molecule has 0 unspecified atom stereocenters. The van der Waals surface area contributed by atoms with E-state index in [0.29, 0.717) is 0 Å². The fourth-order valence-electron chi connectivity index (χ4n) is 1.25. The number of benzene rings is 1. The van der Waals surface area contributed by atoms with E-state index in [0.717, 1.165) is 6.54 Å². The standard InChI is InChI=1S/C10H16N2.2ClH/c1-10(2,8-12-11)9-6-4-3-5-7-9;;/h3-7,12H,8,11H2,1-2H3;2*1H. The van der Waals surface area contributed by atoms with Crippen LogP contribution in [0, 0.1) is 0 Å². The molecule has 3 N–H and O–H groups in total. The predicted octanol–water partition coefficient (Wildman–Crippen LogP) is 2.27. The van der Waals surface area contributed by atoms with Crippen LogP contribution in [-0.4, -0.2) is 6.54 Å². The SMILES string of the molecule is CC(C)(CNN)c1ccccc1.Cl.Cl. The maximum Gasteiger partial charge on any atom is 0.0189 e. The van der Waals surface area contributed by atoms with Crippen LogP contribution < -0.4 is 11.3 Å². The molecular formula is C10H18Cl2N2. The largest absolute Gasteiger partial charge is 0.271 e. The number of rotatable bonds is 3. The number of nitrogens with two attached hydrogens (primary N) is 1. The first kappa shape index (κ1) is 16.2. The van der Waals surface area contributed by atoms with Crippen molar-refractivity contribution < 1.29 is 0 Å². The van der Waals surface area contributed by atoms with Gasteiger partial charge in [-0.2, -0.15) is 0 Å². The molecule has 1 aromatic carbocycles. The van der Waals surface area contributed by atoms with Gasteiger partial charge in [0.1, 0.15) is 0 Å². The predicted molar refractivity (Wildman–Crippen MR) is 66.2 cm³/mol. The van der Waals surface area contributed by atoms with Gasteiger partial charge in [0.15, 0.2) is 0 Å². The summed E-state index contributed by atoms with van der Waals surface area (Å²) in [6.45, 7) is 5.13. The number of hydrogen-bond acceptors (Lipinski definition) is 2. The molecule has 82 valence electrons. The van der Waals surface area contributed by atoms with Crippen molar-refractivity contribution in [3.05, 3.63) is 35.9 Å². The van der Waals surface area contributed by atoms with Crippen LogP contribution in [0.2, 0.25) is 0 Å². The Balaban J connectivity index is 0. The summed E-state index contributed by atoms with van der Waals surface area (Å²) in [6, 6.07) is 10.4. The summed E-state index contributed by atoms with van der Waals surface area (Å²) in [4.78, 5) is 0. The zero-order valence-corrected chi connectivity index (χ0v) is 10.1. The molecule has 0 atom stereocenters. The Bertz CT molecular complexity index is 237. The van der Waals surface area contributed by atoms with E-state index < -0.39 is 0 Å². The van der Waals surface area contributed by atoms with Gasteiger partial charge in [-0.3, -0.25) is 11.3 Å². The van der Waals surface area contributed by atoms with E-state index in [1.165, 1.54) is 5.56 Å². The molecule has 0 amide bonds. The Morgan fingerprint density at radius 1 is 1.14 bits per heavy atom. The zero-order chi connectivity index (χ0) is 9.03. The van der Waals surface area contributed by atoms with Gasteiger partial charge in [-0.1, -0.05) is 44.2 Å². The molecule has 0 saturated heterocycles. The quantitative estimate of drug-likeness (QED) is 0.625. The van der Waals surface area contributed by atoms with Crippen molar-refractivity contribution in [2.75, 3.05) is 6.54 Å². The lowest BCUT2D eigenvalue weighted by atomic mass is 9.85. The highest BCUT2D eigenvalue weighted by molar-refractivity contribution is 5.85. The van der Waals surface area contributed by atoms with Gasteiger partial charge in [0.2, 0.25) is 0 Å². The van der Waals surface area contributed by atoms with Crippen LogP contribution in [0.25, 0.3) is 0 Å². The highest BCUT2D eigenvalue weighted by Gasteiger charge is 2.18. The Morgan fingerprint density at radius 2 is 1.64 bits per heavy atom. The van der Waals surface area contributed by atoms with Crippen LogP contribution in [0.5, 0.6) is 0 Å². The maximum atomic E-state index is 5.30. The summed E-state index contributed by atoms with van der Waals surface area (Å²) in [6.07, 6.45) is 0. The number of hydrazine groups is 1. The van der Waals surface area contributed by atoms with Crippen molar-refractivity contribution in [2.24, 2.45) is 5.84 Å². The number of nitrogens with one attached hydrogen (secondary N) is 1. The average molecular weight is 237 g/mol. The monoisotopic (exact) mass is 236 g/mol. The molecule has 1 aromatic rings. The fourth-order valence-corrected chi connectivity index (χ4v) is 1.25. The minimum atomic E-state index is 0. The lowest BCUT2D eigenvalue weighted by molar-refractivity contribution is 0.478. The third kappa shape index (κ3) is 4.29. The molecule has 0 aliphatic rings. The maximum absolute atomic E-state index is 5.30. The van der Waals surface area contributed by atoms with Crippen LogP contribution in [0.1, 0.15) is 19.4 Å². The second kappa shape index (κ2) is 7.07. The van der Waals surface area contributed by atoms with E-state index in [9.17, 15) is 0 Å². The van der Waals surface area contributed by atoms with Crippen molar-refractivity contribution in [1.82, 2.24) is 5.43 Å². The van der Waals surface area contributed by atoms with Crippen molar-refractivity contribution in [1.29, 1.82) is 0 Å². The molecule has 0 spiro atoms. The Kier molecular flexibility index (Phi) is 8.16. The molecule has 0 saturated carbocycles. The van der Waals surface area contributed by atoms with Crippen LogP contribution in [0.3, 0.4) is 0 Å². The summed E-state index contributed by atoms with van der Waals surface area (Å²) in [5, 5.41) is 0. The van der Waals surface area contributed by atoms with Gasteiger partial charge in [-0.25, -0.2) is 0 Å². The van der Waals surface area contributed by atoms with Crippen LogP contribution in [0.15, 0.2) is 30.3 Å². The lowest BCUT2D eigenvalue weighted by Crippen LogP contribution is -2.36. The van der Waals surface area contributed by atoms with Gasteiger partial charge in [-0.05, 0) is 5.56 Å². The van der Waals surface area contributed by atoms with Gasteiger partial charge in [-0.15, -0.1) is 24.8 Å². The van der Waals surface area contributed by atoms with E-state index in [4.69, 9.17) is 5.84 Å². The van der Waals surface area contributed by atoms with E-state index in [1.807, 2.05) is 18.2 Å². The molecule has 0 aliphatic carbocycles. The molecule has 0 radical (unpaired) electrons. The molecular weight excluding hydrogens is 219 g/mol. The molecule has 0 aromatic heterocycles. The number of halogens is 2. The third-order valence-electron chi connectivity index (χ3n) is 2.10. The second-order valence-electron chi connectivity index (χ2n) is 3.63. The first-order valence-electron chi connectivity index (χ1n) is 4.16. The third-order valence-corrected chi connectivity index (χ3v) is 2.10. The zero-order valence-electron chi connectivity index (χ0n) is 8.49. The summed E-state index contributed by atoms with van der Waals surface area (Å²) in [7, 11) is 0. The Hall–Kier alpha value is -0.280. The lowest BCUT2D eigenvalue weighted by Gasteiger charge is -2.24. The van der Waals surface area contributed by atoms with Gasteiger partial charge < -0.3 is 0 Å². The second-order valence-corrected chi connectivity index (χ2v) is 3.63. The normalized spacial score (nSPS) is 9.93. The van der Waals surface area contributed by atoms with E-state index in [-0.39, 0.29) is 30.2 Å². The van der Waals surface area contributed by atoms with Gasteiger partial charge >= 0.3 is 0 Å². The smallest absolute Gasteiger partial charge is 0.0189 e. The molecule has 0 heterocycles. The van der Waals surface area contributed by atoms with Gasteiger partial charge in [0.05, 0.1) is 0 Å². The Morgan fingerprint density at radius 3 is 2.07 bits per heavy atom. The fraction of sp³-hybridized carbons (Fsp3) is 0.400. The minimum absolute atomic E-state index is 0. The van der Waals surface area contributed by atoms with Gasteiger partial charge in [0, 0.05) is 12.0 Å². The van der Waals surface area contributed by atoms with Crippen LogP contribution >= 0.6 is 24.8 Å².